The van der Waals surface area contributed by atoms with Crippen molar-refractivity contribution in [2.45, 2.75) is 0 Å². The molecular weight excluding hydrogens is 226 g/mol. The Labute approximate surface area is 106 Å². The van der Waals surface area contributed by atoms with E-state index in [-0.39, 0.29) is 5.56 Å². The number of nitrogens with one attached hydrogen (secondary N) is 1. The van der Waals surface area contributed by atoms with Gasteiger partial charge in [0, 0.05) is 31.6 Å². The Hall–Kier alpha value is -1.81. The number of H-pyrrole nitrogens is 1. The van der Waals surface area contributed by atoms with Gasteiger partial charge in [-0.15, -0.1) is 0 Å². The van der Waals surface area contributed by atoms with Crippen LogP contribution in [0.4, 0.5) is 5.82 Å². The lowest BCUT2D eigenvalue weighted by Crippen LogP contribution is -2.45. The maximum absolute atomic E-state index is 12.0. The van der Waals surface area contributed by atoms with E-state index in [0.717, 1.165) is 42.8 Å². The van der Waals surface area contributed by atoms with Gasteiger partial charge in [-0.2, -0.15) is 0 Å². The van der Waals surface area contributed by atoms with Gasteiger partial charge in [-0.1, -0.05) is 18.2 Å². The van der Waals surface area contributed by atoms with Gasteiger partial charge in [0.15, 0.2) is 0 Å². The van der Waals surface area contributed by atoms with Gasteiger partial charge in [-0.05, 0) is 24.6 Å². The highest BCUT2D eigenvalue weighted by atomic mass is 16.1. The van der Waals surface area contributed by atoms with Crippen molar-refractivity contribution in [3.8, 4) is 0 Å². The van der Waals surface area contributed by atoms with E-state index < -0.39 is 0 Å². The summed E-state index contributed by atoms with van der Waals surface area (Å²) in [6.07, 6.45) is 0. The van der Waals surface area contributed by atoms with Crippen LogP contribution in [0.2, 0.25) is 0 Å². The predicted octanol–water partition coefficient (Wildman–Crippen LogP) is 1.28. The minimum absolute atomic E-state index is 0.00188. The van der Waals surface area contributed by atoms with Gasteiger partial charge in [0.05, 0.1) is 0 Å². The Morgan fingerprint density at radius 1 is 1.11 bits per heavy atom. The van der Waals surface area contributed by atoms with E-state index >= 15 is 0 Å². The maximum atomic E-state index is 12.0. The molecule has 4 nitrogen and oxygen atoms in total. The Morgan fingerprint density at radius 2 is 1.83 bits per heavy atom. The Balaban J connectivity index is 2.00. The van der Waals surface area contributed by atoms with E-state index in [9.17, 15) is 4.79 Å². The number of likely N-dealkylation sites (N-methyl/N-ethyl adjacent to an activating group) is 1. The summed E-state index contributed by atoms with van der Waals surface area (Å²) in [6, 6.07) is 9.79. The van der Waals surface area contributed by atoms with Crippen molar-refractivity contribution < 1.29 is 0 Å². The van der Waals surface area contributed by atoms with Crippen LogP contribution in [0.1, 0.15) is 0 Å². The number of rotatable bonds is 1. The van der Waals surface area contributed by atoms with Gasteiger partial charge >= 0.3 is 0 Å². The van der Waals surface area contributed by atoms with Gasteiger partial charge in [0.2, 0.25) is 0 Å². The van der Waals surface area contributed by atoms with Gasteiger partial charge < -0.3 is 14.8 Å². The molecule has 0 spiro atoms. The number of hydrogen-bond acceptors (Lipinski definition) is 3. The molecule has 0 atom stereocenters. The van der Waals surface area contributed by atoms with Crippen LogP contribution < -0.4 is 10.5 Å². The molecule has 1 aromatic heterocycles. The Bertz CT molecular complexity index is 612. The summed E-state index contributed by atoms with van der Waals surface area (Å²) in [5, 5.41) is 1.77. The summed E-state index contributed by atoms with van der Waals surface area (Å²) >= 11 is 0. The monoisotopic (exact) mass is 243 g/mol. The molecule has 0 aliphatic carbocycles. The molecule has 2 heterocycles. The minimum atomic E-state index is 0.00188. The number of aromatic amines is 1. The van der Waals surface area contributed by atoms with Crippen LogP contribution in [0.5, 0.6) is 0 Å². The smallest absolute Gasteiger partial charge is 0.257 e. The molecule has 4 heteroatoms. The molecule has 3 rings (SSSR count). The highest BCUT2D eigenvalue weighted by Crippen LogP contribution is 2.17. The van der Waals surface area contributed by atoms with E-state index in [1.165, 1.54) is 0 Å². The van der Waals surface area contributed by atoms with Crippen LogP contribution in [0.15, 0.2) is 35.1 Å². The fourth-order valence-corrected chi connectivity index (χ4v) is 2.41. The minimum Gasteiger partial charge on any atom is -0.356 e. The van der Waals surface area contributed by atoms with Gasteiger partial charge in [0.25, 0.3) is 5.56 Å². The molecule has 0 radical (unpaired) electrons. The molecule has 18 heavy (non-hydrogen) atoms. The lowest BCUT2D eigenvalue weighted by molar-refractivity contribution is 0.312. The van der Waals surface area contributed by atoms with Crippen molar-refractivity contribution in [3.63, 3.8) is 0 Å². The van der Waals surface area contributed by atoms with Crippen molar-refractivity contribution in [1.82, 2.24) is 9.88 Å². The number of aromatic nitrogens is 1. The van der Waals surface area contributed by atoms with Crippen LogP contribution in [-0.4, -0.2) is 43.1 Å². The molecule has 94 valence electrons. The normalized spacial score (nSPS) is 17.3. The standard InChI is InChI=1S/C14H17N3O/c1-16-6-8-17(9-7-16)13-10-11-4-2-3-5-12(11)14(18)15-13/h2-5,10H,6-9H2,1H3,(H,15,18). The van der Waals surface area contributed by atoms with Crippen LogP contribution in [0.3, 0.4) is 0 Å². The third kappa shape index (κ3) is 1.99. The molecule has 1 N–H and O–H groups in total. The maximum Gasteiger partial charge on any atom is 0.257 e. The van der Waals surface area contributed by atoms with Crippen molar-refractivity contribution in [1.29, 1.82) is 0 Å². The van der Waals surface area contributed by atoms with E-state index in [4.69, 9.17) is 0 Å². The van der Waals surface area contributed by atoms with E-state index in [1.54, 1.807) is 0 Å². The number of fused-ring (bicyclic) bond motifs is 1. The third-order valence-electron chi connectivity index (χ3n) is 3.58. The highest BCUT2D eigenvalue weighted by Gasteiger charge is 2.15. The number of pyridine rings is 1. The summed E-state index contributed by atoms with van der Waals surface area (Å²) in [6.45, 7) is 4.00. The van der Waals surface area contributed by atoms with E-state index in [1.807, 2.05) is 24.3 Å². The molecule has 1 aliphatic heterocycles. The van der Waals surface area contributed by atoms with Gasteiger partial charge in [-0.25, -0.2) is 0 Å². The SMILES string of the molecule is CN1CCN(c2cc3ccccc3c(=O)[nH]2)CC1. The zero-order chi connectivity index (χ0) is 12.5. The number of nitrogens with zero attached hydrogens (tertiary/aromatic N) is 2. The van der Waals surface area contributed by atoms with Crippen LogP contribution in [0.25, 0.3) is 10.8 Å². The molecule has 1 aliphatic rings. The third-order valence-corrected chi connectivity index (χ3v) is 3.58. The fraction of sp³-hybridized carbons (Fsp3) is 0.357. The fourth-order valence-electron chi connectivity index (χ4n) is 2.41. The summed E-state index contributed by atoms with van der Waals surface area (Å²) in [5.41, 5.74) is 0.00188. The zero-order valence-corrected chi connectivity index (χ0v) is 10.5. The molecule has 0 unspecified atom stereocenters. The average molecular weight is 243 g/mol. The Morgan fingerprint density at radius 3 is 2.61 bits per heavy atom. The second-order valence-corrected chi connectivity index (χ2v) is 4.86. The first-order valence-corrected chi connectivity index (χ1v) is 6.29. The Kier molecular flexibility index (Phi) is 2.80. The number of piperazine rings is 1. The van der Waals surface area contributed by atoms with Gasteiger partial charge in [0.1, 0.15) is 5.82 Å². The van der Waals surface area contributed by atoms with Crippen LogP contribution in [0, 0.1) is 0 Å². The highest BCUT2D eigenvalue weighted by molar-refractivity contribution is 5.83. The largest absolute Gasteiger partial charge is 0.356 e. The molecular formula is C14H17N3O. The van der Waals surface area contributed by atoms with Crippen molar-refractivity contribution >= 4 is 16.6 Å². The van der Waals surface area contributed by atoms with Crippen molar-refractivity contribution in [3.05, 3.63) is 40.7 Å². The second kappa shape index (κ2) is 4.46. The summed E-state index contributed by atoms with van der Waals surface area (Å²) in [7, 11) is 2.13. The topological polar surface area (TPSA) is 39.3 Å². The van der Waals surface area contributed by atoms with Crippen molar-refractivity contribution in [2.24, 2.45) is 0 Å². The van der Waals surface area contributed by atoms with Gasteiger partial charge in [-0.3, -0.25) is 4.79 Å². The lowest BCUT2D eigenvalue weighted by atomic mass is 10.1. The first-order valence-electron chi connectivity index (χ1n) is 6.29. The summed E-state index contributed by atoms with van der Waals surface area (Å²) in [5.74, 6) is 0.937. The average Bonchev–Trinajstić information content (AvgIpc) is 2.39. The van der Waals surface area contributed by atoms with E-state index in [2.05, 4.69) is 27.9 Å². The molecule has 1 saturated heterocycles. The first-order chi connectivity index (χ1) is 8.74. The molecule has 0 bridgehead atoms. The van der Waals surface area contributed by atoms with Crippen LogP contribution in [-0.2, 0) is 0 Å². The summed E-state index contributed by atoms with van der Waals surface area (Å²) < 4.78 is 0. The number of anilines is 1. The lowest BCUT2D eigenvalue weighted by Gasteiger charge is -2.33. The molecule has 0 amide bonds. The number of benzene rings is 1. The number of hydrogen-bond donors (Lipinski definition) is 1. The first kappa shape index (κ1) is 11.3. The molecule has 1 fully saturated rings. The molecule has 0 saturated carbocycles. The van der Waals surface area contributed by atoms with Crippen molar-refractivity contribution in [2.75, 3.05) is 38.1 Å². The quantitative estimate of drug-likeness (QED) is 0.820. The molecule has 1 aromatic carbocycles. The van der Waals surface area contributed by atoms with E-state index in [0.29, 0.717) is 0 Å². The molecule has 2 aromatic rings. The summed E-state index contributed by atoms with van der Waals surface area (Å²) in [4.78, 5) is 19.5. The predicted molar refractivity (Wildman–Crippen MR) is 74.3 cm³/mol. The second-order valence-electron chi connectivity index (χ2n) is 4.86. The zero-order valence-electron chi connectivity index (χ0n) is 10.5. The van der Waals surface area contributed by atoms with Crippen LogP contribution >= 0.6 is 0 Å².